The molecule has 0 aliphatic carbocycles. The highest BCUT2D eigenvalue weighted by atomic mass is 32.1. The summed E-state index contributed by atoms with van der Waals surface area (Å²) in [5.41, 5.74) is 1.27. The average molecular weight is 462 g/mol. The van der Waals surface area contributed by atoms with E-state index in [2.05, 4.69) is 26.7 Å². The molecule has 2 saturated heterocycles. The molecule has 4 rings (SSSR count). The molecule has 1 spiro atoms. The topological polar surface area (TPSA) is 71.9 Å². The lowest BCUT2D eigenvalue weighted by Crippen LogP contribution is -2.44. The van der Waals surface area contributed by atoms with Crippen molar-refractivity contribution in [2.75, 3.05) is 19.7 Å². The molecule has 11 heteroatoms. The fourth-order valence-corrected chi connectivity index (χ4v) is 4.26. The highest BCUT2D eigenvalue weighted by molar-refractivity contribution is 7.07. The number of aliphatic carboxylic acids is 1. The van der Waals surface area contributed by atoms with Crippen LogP contribution in [0, 0.1) is 5.82 Å². The van der Waals surface area contributed by atoms with E-state index in [1.165, 1.54) is 11.6 Å². The molecule has 0 saturated carbocycles. The molecule has 6 nitrogen and oxygen atoms in total. The van der Waals surface area contributed by atoms with Crippen LogP contribution in [0.5, 0.6) is 5.88 Å². The van der Waals surface area contributed by atoms with Crippen molar-refractivity contribution in [3.63, 3.8) is 0 Å². The number of nitrogens with zero attached hydrogens (tertiary/aromatic N) is 2. The van der Waals surface area contributed by atoms with Gasteiger partial charge in [-0.1, -0.05) is 0 Å². The normalized spacial score (nSPS) is 20.8. The first kappa shape index (κ1) is 23.4. The standard InChI is InChI=1S/C18H21FN2O2S.C2HF3O2/c19-16-2-1-6-20-17(16)23-15-10-18(22-12-15)4-7-21(8-5-18)11-14-3-9-24-13-14;3-2(4,5)1(6)7/h1-3,6,9,13,15H,4-5,7-8,10-12H2;(H,6,7). The van der Waals surface area contributed by atoms with Gasteiger partial charge in [0.15, 0.2) is 5.82 Å². The highest BCUT2D eigenvalue weighted by Crippen LogP contribution is 2.37. The van der Waals surface area contributed by atoms with Gasteiger partial charge in [-0.15, -0.1) is 0 Å². The summed E-state index contributed by atoms with van der Waals surface area (Å²) in [6.45, 7) is 3.58. The molecule has 31 heavy (non-hydrogen) atoms. The van der Waals surface area contributed by atoms with Gasteiger partial charge >= 0.3 is 12.1 Å². The number of hydrogen-bond donors (Lipinski definition) is 1. The van der Waals surface area contributed by atoms with E-state index in [1.807, 2.05) is 0 Å². The Kier molecular flexibility index (Phi) is 7.50. The number of likely N-dealkylation sites (tertiary alicyclic amines) is 1. The van der Waals surface area contributed by atoms with Gasteiger partial charge in [0.1, 0.15) is 6.10 Å². The number of carboxylic acid groups (broad SMARTS) is 1. The first-order valence-electron chi connectivity index (χ1n) is 9.61. The lowest BCUT2D eigenvalue weighted by atomic mass is 9.88. The highest BCUT2D eigenvalue weighted by Gasteiger charge is 2.44. The van der Waals surface area contributed by atoms with E-state index in [9.17, 15) is 17.6 Å². The molecular weight excluding hydrogens is 440 g/mol. The van der Waals surface area contributed by atoms with Gasteiger partial charge in [0.05, 0.1) is 12.2 Å². The molecule has 0 radical (unpaired) electrons. The van der Waals surface area contributed by atoms with E-state index in [0.29, 0.717) is 6.61 Å². The van der Waals surface area contributed by atoms with Crippen LogP contribution >= 0.6 is 11.3 Å². The lowest BCUT2D eigenvalue weighted by Gasteiger charge is -2.38. The summed E-state index contributed by atoms with van der Waals surface area (Å²) in [6.07, 6.45) is -0.830. The second-order valence-electron chi connectivity index (χ2n) is 7.44. The molecule has 4 heterocycles. The zero-order chi connectivity index (χ0) is 22.5. The minimum atomic E-state index is -5.08. The van der Waals surface area contributed by atoms with Crippen molar-refractivity contribution in [2.24, 2.45) is 0 Å². The van der Waals surface area contributed by atoms with Crippen LogP contribution in [0.15, 0.2) is 35.2 Å². The summed E-state index contributed by atoms with van der Waals surface area (Å²) >= 11 is 1.74. The van der Waals surface area contributed by atoms with Gasteiger partial charge in [-0.2, -0.15) is 24.5 Å². The fraction of sp³-hybridized carbons (Fsp3) is 0.500. The number of halogens is 4. The van der Waals surface area contributed by atoms with Crippen LogP contribution in [0.4, 0.5) is 17.6 Å². The molecule has 1 N–H and O–H groups in total. The second-order valence-corrected chi connectivity index (χ2v) is 8.22. The lowest BCUT2D eigenvalue weighted by molar-refractivity contribution is -0.192. The van der Waals surface area contributed by atoms with Crippen LogP contribution in [-0.4, -0.2) is 58.5 Å². The van der Waals surface area contributed by atoms with Gasteiger partial charge in [0, 0.05) is 32.3 Å². The van der Waals surface area contributed by atoms with Crippen molar-refractivity contribution in [1.82, 2.24) is 9.88 Å². The van der Waals surface area contributed by atoms with Crippen LogP contribution in [0.2, 0.25) is 0 Å². The number of piperidine rings is 1. The minimum absolute atomic E-state index is 0.0815. The number of thiophene rings is 1. The summed E-state index contributed by atoms with van der Waals surface area (Å²) < 4.78 is 57.2. The number of pyridine rings is 1. The van der Waals surface area contributed by atoms with Crippen molar-refractivity contribution in [1.29, 1.82) is 0 Å². The molecule has 0 amide bonds. The molecule has 2 aromatic rings. The SMILES string of the molecule is Fc1cccnc1OC1COC2(CCN(Cc3ccsc3)CC2)C1.O=C(O)C(F)(F)F. The van der Waals surface area contributed by atoms with E-state index in [-0.39, 0.29) is 17.6 Å². The zero-order valence-electron chi connectivity index (χ0n) is 16.5. The number of carboxylic acids is 1. The number of rotatable bonds is 4. The number of ether oxygens (including phenoxy) is 2. The van der Waals surface area contributed by atoms with Crippen molar-refractivity contribution >= 4 is 17.3 Å². The first-order chi connectivity index (χ1) is 14.7. The molecule has 2 fully saturated rings. The van der Waals surface area contributed by atoms with Gasteiger partial charge < -0.3 is 14.6 Å². The Morgan fingerprint density at radius 3 is 2.65 bits per heavy atom. The number of hydrogen-bond acceptors (Lipinski definition) is 6. The number of aromatic nitrogens is 1. The van der Waals surface area contributed by atoms with Crippen LogP contribution in [-0.2, 0) is 16.1 Å². The van der Waals surface area contributed by atoms with E-state index in [1.54, 1.807) is 23.6 Å². The monoisotopic (exact) mass is 462 g/mol. The summed E-state index contributed by atoms with van der Waals surface area (Å²) in [6, 6.07) is 5.13. The Morgan fingerprint density at radius 2 is 2.06 bits per heavy atom. The van der Waals surface area contributed by atoms with Crippen LogP contribution in [0.25, 0.3) is 0 Å². The second kappa shape index (κ2) is 9.92. The Morgan fingerprint density at radius 1 is 1.35 bits per heavy atom. The third-order valence-electron chi connectivity index (χ3n) is 5.17. The predicted molar refractivity (Wildman–Crippen MR) is 104 cm³/mol. The Balaban J connectivity index is 0.000000339. The zero-order valence-corrected chi connectivity index (χ0v) is 17.3. The maximum absolute atomic E-state index is 13.7. The first-order valence-corrected chi connectivity index (χ1v) is 10.6. The largest absolute Gasteiger partial charge is 0.490 e. The van der Waals surface area contributed by atoms with Gasteiger partial charge in [-0.05, 0) is 47.4 Å². The van der Waals surface area contributed by atoms with Crippen molar-refractivity contribution < 1.29 is 36.9 Å². The molecule has 0 aromatic carbocycles. The van der Waals surface area contributed by atoms with Gasteiger partial charge in [-0.25, -0.2) is 14.2 Å². The van der Waals surface area contributed by atoms with Crippen LogP contribution < -0.4 is 4.74 Å². The maximum atomic E-state index is 13.7. The molecule has 0 bridgehead atoms. The molecule has 1 atom stereocenters. The van der Waals surface area contributed by atoms with Crippen molar-refractivity contribution in [3.8, 4) is 5.88 Å². The van der Waals surface area contributed by atoms with E-state index in [0.717, 1.165) is 38.9 Å². The van der Waals surface area contributed by atoms with Crippen molar-refractivity contribution in [2.45, 2.75) is 43.7 Å². The van der Waals surface area contributed by atoms with Crippen molar-refractivity contribution in [3.05, 3.63) is 46.5 Å². The summed E-state index contributed by atoms with van der Waals surface area (Å²) in [4.78, 5) is 15.3. The van der Waals surface area contributed by atoms with E-state index in [4.69, 9.17) is 19.4 Å². The summed E-state index contributed by atoms with van der Waals surface area (Å²) in [5.74, 6) is -3.09. The molecule has 2 aromatic heterocycles. The minimum Gasteiger partial charge on any atom is -0.475 e. The fourth-order valence-electron chi connectivity index (χ4n) is 3.60. The maximum Gasteiger partial charge on any atom is 0.490 e. The quantitative estimate of drug-likeness (QED) is 0.690. The molecule has 1 unspecified atom stereocenters. The third-order valence-corrected chi connectivity index (χ3v) is 5.91. The molecular formula is C20H22F4N2O4S. The van der Waals surface area contributed by atoms with Gasteiger partial charge in [0.2, 0.25) is 0 Å². The van der Waals surface area contributed by atoms with E-state index >= 15 is 0 Å². The summed E-state index contributed by atoms with van der Waals surface area (Å²) in [7, 11) is 0. The van der Waals surface area contributed by atoms with Gasteiger partial charge in [-0.3, -0.25) is 4.90 Å². The molecule has 2 aliphatic rings. The summed E-state index contributed by atoms with van der Waals surface area (Å²) in [5, 5.41) is 11.5. The predicted octanol–water partition coefficient (Wildman–Crippen LogP) is 4.12. The molecule has 2 aliphatic heterocycles. The average Bonchev–Trinajstić information content (AvgIpc) is 3.36. The van der Waals surface area contributed by atoms with Crippen LogP contribution in [0.3, 0.4) is 0 Å². The Hall–Kier alpha value is -2.24. The number of alkyl halides is 3. The third kappa shape index (κ3) is 6.62. The smallest absolute Gasteiger partial charge is 0.475 e. The Labute approximate surface area is 180 Å². The molecule has 170 valence electrons. The Bertz CT molecular complexity index is 855. The van der Waals surface area contributed by atoms with Crippen LogP contribution in [0.1, 0.15) is 24.8 Å². The number of carbonyl (C=O) groups is 1. The van der Waals surface area contributed by atoms with E-state index < -0.39 is 18.0 Å². The van der Waals surface area contributed by atoms with Gasteiger partial charge in [0.25, 0.3) is 5.88 Å².